The molecule has 1 heterocycles. The van der Waals surface area contributed by atoms with E-state index in [2.05, 4.69) is 75.4 Å². The number of benzene rings is 2. The molecule has 2 aromatic carbocycles. The normalized spacial score (nSPS) is 13.8. The molecule has 2 atom stereocenters. The van der Waals surface area contributed by atoms with Crippen molar-refractivity contribution >= 4 is 38.3 Å². The smallest absolute Gasteiger partial charge is 0.336 e. The Morgan fingerprint density at radius 3 is 2.27 bits per heavy atom. The molecule has 0 aliphatic heterocycles. The van der Waals surface area contributed by atoms with Crippen LogP contribution in [0.4, 0.5) is 5.13 Å². The average Bonchev–Trinajstić information content (AvgIpc) is 3.37. The van der Waals surface area contributed by atoms with Crippen LogP contribution in [0, 0.1) is 5.92 Å². The molecule has 0 radical (unpaired) electrons. The summed E-state index contributed by atoms with van der Waals surface area (Å²) in [5.74, 6) is 0.692. The van der Waals surface area contributed by atoms with Gasteiger partial charge in [0.2, 0.25) is 0 Å². The molecule has 0 aliphatic rings. The molecule has 1 amide bonds. The fourth-order valence-electron chi connectivity index (χ4n) is 4.60. The van der Waals surface area contributed by atoms with Crippen molar-refractivity contribution in [3.05, 3.63) is 76.3 Å². The summed E-state index contributed by atoms with van der Waals surface area (Å²) in [5, 5.41) is 5.19. The number of carbonyl (C=O) groups excluding carboxylic acids is 1. The van der Waals surface area contributed by atoms with E-state index in [0.29, 0.717) is 34.7 Å². The van der Waals surface area contributed by atoms with Gasteiger partial charge in [0.05, 0.1) is 31.7 Å². The van der Waals surface area contributed by atoms with Crippen LogP contribution in [0.25, 0.3) is 0 Å². The molecule has 8 nitrogen and oxygen atoms in total. The lowest BCUT2D eigenvalue weighted by Gasteiger charge is -2.36. The van der Waals surface area contributed by atoms with Crippen LogP contribution < -0.4 is 10.1 Å². The van der Waals surface area contributed by atoms with Gasteiger partial charge in [0.1, 0.15) is 11.9 Å². The van der Waals surface area contributed by atoms with Crippen LogP contribution >= 0.6 is 18.9 Å². The van der Waals surface area contributed by atoms with Gasteiger partial charge in [-0.05, 0) is 87.0 Å². The number of hydrogen-bond acceptors (Lipinski definition) is 8. The van der Waals surface area contributed by atoms with Crippen LogP contribution in [-0.2, 0) is 37.0 Å². The van der Waals surface area contributed by atoms with E-state index in [1.807, 2.05) is 25.1 Å². The zero-order valence-corrected chi connectivity index (χ0v) is 31.1. The van der Waals surface area contributed by atoms with E-state index in [4.69, 9.17) is 18.2 Å². The molecule has 248 valence electrons. The van der Waals surface area contributed by atoms with Gasteiger partial charge < -0.3 is 18.2 Å². The van der Waals surface area contributed by atoms with Gasteiger partial charge in [-0.3, -0.25) is 14.7 Å². The lowest BCUT2D eigenvalue weighted by Crippen LogP contribution is -2.43. The van der Waals surface area contributed by atoms with Gasteiger partial charge in [-0.1, -0.05) is 58.0 Å². The number of hydrogen-bond donors (Lipinski definition) is 1. The minimum absolute atomic E-state index is 0.0443. The van der Waals surface area contributed by atoms with E-state index in [1.165, 1.54) is 16.9 Å². The number of ether oxygens (including phenoxy) is 1. The first-order valence-electron chi connectivity index (χ1n) is 15.8. The van der Waals surface area contributed by atoms with Gasteiger partial charge in [0, 0.05) is 10.9 Å². The number of rotatable bonds is 17. The highest BCUT2D eigenvalue weighted by molar-refractivity contribution is 7.53. The maximum absolute atomic E-state index is 13.5. The second-order valence-electron chi connectivity index (χ2n) is 13.1. The number of nitrogens with one attached hydrogen (secondary N) is 1. The Morgan fingerprint density at radius 2 is 1.64 bits per heavy atom. The molecule has 11 heteroatoms. The zero-order chi connectivity index (χ0) is 33.3. The lowest BCUT2D eigenvalue weighted by molar-refractivity contribution is 0.102. The molecule has 3 aromatic rings. The minimum atomic E-state index is -3.30. The molecule has 1 aromatic heterocycles. The number of thiazole rings is 1. The Labute approximate surface area is 274 Å². The number of anilines is 1. The van der Waals surface area contributed by atoms with E-state index < -0.39 is 15.9 Å². The standard InChI is InChI=1S/C34H51N2O6PSSi/c1-10-39-43(38,40-11-2)23-30-24-44-33(35-30)36-32(37)29-19-28(18-25(3)17-27-15-13-12-14-16-27)20-31(21-29)42-26(4)22-41-45(8,9)34(5,6)7/h12-16,19-21,24-26H,10-11,17-18,22-23H2,1-9H3,(H,35,36,37)/t25-,26-/m0/s1. The average molecular weight is 675 g/mol. The van der Waals surface area contributed by atoms with E-state index in [1.54, 1.807) is 25.3 Å². The first-order chi connectivity index (χ1) is 21.1. The summed E-state index contributed by atoms with van der Waals surface area (Å²) in [6.07, 6.45) is 1.56. The van der Waals surface area contributed by atoms with Crippen LogP contribution in [0.5, 0.6) is 5.75 Å². The Morgan fingerprint density at radius 1 is 1.00 bits per heavy atom. The predicted molar refractivity (Wildman–Crippen MR) is 187 cm³/mol. The highest BCUT2D eigenvalue weighted by atomic mass is 32.1. The van der Waals surface area contributed by atoms with E-state index in [-0.39, 0.29) is 36.4 Å². The van der Waals surface area contributed by atoms with Crippen LogP contribution in [0.3, 0.4) is 0 Å². The van der Waals surface area contributed by atoms with Crippen LogP contribution in [0.1, 0.15) is 75.6 Å². The van der Waals surface area contributed by atoms with Crippen LogP contribution in [0.15, 0.2) is 53.9 Å². The van der Waals surface area contributed by atoms with Crippen molar-refractivity contribution in [3.8, 4) is 5.75 Å². The van der Waals surface area contributed by atoms with Gasteiger partial charge in [0.15, 0.2) is 13.4 Å². The van der Waals surface area contributed by atoms with E-state index in [9.17, 15) is 9.36 Å². The molecular weight excluding hydrogens is 624 g/mol. The Balaban J connectivity index is 1.79. The summed E-state index contributed by atoms with van der Waals surface area (Å²) in [5.41, 5.74) is 3.33. The summed E-state index contributed by atoms with van der Waals surface area (Å²) >= 11 is 1.27. The molecule has 0 fully saturated rings. The van der Waals surface area contributed by atoms with Crippen molar-refractivity contribution in [2.24, 2.45) is 5.92 Å². The highest BCUT2D eigenvalue weighted by Gasteiger charge is 2.37. The van der Waals surface area contributed by atoms with Gasteiger partial charge in [-0.15, -0.1) is 11.3 Å². The maximum atomic E-state index is 13.5. The Bertz CT molecular complexity index is 1420. The summed E-state index contributed by atoms with van der Waals surface area (Å²) in [7, 11) is -5.24. The highest BCUT2D eigenvalue weighted by Crippen LogP contribution is 2.51. The van der Waals surface area contributed by atoms with Crippen molar-refractivity contribution in [1.82, 2.24) is 4.98 Å². The molecular formula is C34H51N2O6PSSi. The fourth-order valence-corrected chi connectivity index (χ4v) is 8.12. The number of nitrogens with zero attached hydrogens (tertiary/aromatic N) is 1. The Hall–Kier alpha value is -2.33. The molecule has 0 bridgehead atoms. The quantitative estimate of drug-likeness (QED) is 0.113. The number of amides is 1. The molecule has 3 rings (SSSR count). The van der Waals surface area contributed by atoms with Crippen molar-refractivity contribution in [2.75, 3.05) is 25.1 Å². The molecule has 0 saturated carbocycles. The molecule has 0 aliphatic carbocycles. The van der Waals surface area contributed by atoms with Gasteiger partial charge >= 0.3 is 7.60 Å². The summed E-state index contributed by atoms with van der Waals surface area (Å²) in [6, 6.07) is 16.2. The summed E-state index contributed by atoms with van der Waals surface area (Å²) < 4.78 is 36.5. The third-order valence-electron chi connectivity index (χ3n) is 7.84. The van der Waals surface area contributed by atoms with Crippen LogP contribution in [0.2, 0.25) is 18.1 Å². The number of aromatic nitrogens is 1. The molecule has 1 N–H and O–H groups in total. The second kappa shape index (κ2) is 16.5. The molecule has 0 saturated heterocycles. The van der Waals surface area contributed by atoms with Crippen molar-refractivity contribution < 1.29 is 27.6 Å². The minimum Gasteiger partial charge on any atom is -0.488 e. The molecule has 0 spiro atoms. The predicted octanol–water partition coefficient (Wildman–Crippen LogP) is 9.37. The van der Waals surface area contributed by atoms with Gasteiger partial charge in [0.25, 0.3) is 5.91 Å². The van der Waals surface area contributed by atoms with E-state index in [0.717, 1.165) is 18.4 Å². The van der Waals surface area contributed by atoms with E-state index >= 15 is 0 Å². The first-order valence-corrected chi connectivity index (χ1v) is 21.3. The zero-order valence-electron chi connectivity index (χ0n) is 28.3. The number of carbonyl (C=O) groups is 1. The van der Waals surface area contributed by atoms with Gasteiger partial charge in [-0.2, -0.15) is 0 Å². The topological polar surface area (TPSA) is 96.0 Å². The fraction of sp³-hybridized carbons (Fsp3) is 0.529. The lowest BCUT2D eigenvalue weighted by atomic mass is 9.93. The molecule has 0 unspecified atom stereocenters. The van der Waals surface area contributed by atoms with Crippen LogP contribution in [-0.4, -0.2) is 45.1 Å². The largest absolute Gasteiger partial charge is 0.488 e. The third-order valence-corrected chi connectivity index (χ3v) is 15.2. The monoisotopic (exact) mass is 674 g/mol. The first kappa shape index (κ1) is 37.1. The maximum Gasteiger partial charge on any atom is 0.336 e. The SMILES string of the molecule is CCOP(=O)(Cc1csc(NC(=O)c2cc(C[C@@H](C)Cc3ccccc3)cc(O[C@@H](C)CO[Si](C)(C)C(C)(C)C)c2)n1)OCC. The van der Waals surface area contributed by atoms with Gasteiger partial charge in [-0.25, -0.2) is 4.98 Å². The van der Waals surface area contributed by atoms with Crippen molar-refractivity contribution in [3.63, 3.8) is 0 Å². The van der Waals surface area contributed by atoms with Crippen molar-refractivity contribution in [1.29, 1.82) is 0 Å². The third kappa shape index (κ3) is 11.8. The summed E-state index contributed by atoms with van der Waals surface area (Å²) in [4.78, 5) is 18.0. The van der Waals surface area contributed by atoms with Crippen molar-refractivity contribution in [2.45, 2.75) is 91.7 Å². The molecule has 45 heavy (non-hydrogen) atoms. The summed E-state index contributed by atoms with van der Waals surface area (Å²) in [6.45, 7) is 19.9. The second-order valence-corrected chi connectivity index (χ2v) is 20.8. The Kier molecular flexibility index (Phi) is 13.6.